The van der Waals surface area contributed by atoms with Crippen LogP contribution in [0.5, 0.6) is 0 Å². The smallest absolute Gasteiger partial charge is 0.240 e. The van der Waals surface area contributed by atoms with Gasteiger partial charge in [-0.3, -0.25) is 4.79 Å². The molecule has 0 aliphatic carbocycles. The molecule has 0 radical (unpaired) electrons. The van der Waals surface area contributed by atoms with E-state index in [1.807, 2.05) is 13.8 Å². The summed E-state index contributed by atoms with van der Waals surface area (Å²) in [6.45, 7) is 6.35. The molecule has 2 N–H and O–H groups in total. The minimum atomic E-state index is -0.502. The predicted octanol–water partition coefficient (Wildman–Crippen LogP) is 2.88. The summed E-state index contributed by atoms with van der Waals surface area (Å²) in [7, 11) is 0. The van der Waals surface area contributed by atoms with Crippen molar-refractivity contribution < 1.29 is 15.8 Å². The number of benzene rings is 1. The summed E-state index contributed by atoms with van der Waals surface area (Å²) in [5.74, 6) is -0.541. The summed E-state index contributed by atoms with van der Waals surface area (Å²) in [6.07, 6.45) is 1.44. The number of halogens is 1. The lowest BCUT2D eigenvalue weighted by Gasteiger charge is -2.17. The Kier molecular flexibility index (Phi) is 6.61. The highest BCUT2D eigenvalue weighted by atomic mass is 19.1. The number of hydroxylamine groups is 2. The highest BCUT2D eigenvalue weighted by Crippen LogP contribution is 2.15. The fraction of sp³-hybridized carbons (Fsp3) is 0.533. The molecule has 4 nitrogen and oxygen atoms in total. The van der Waals surface area contributed by atoms with E-state index in [0.717, 1.165) is 11.5 Å². The summed E-state index contributed by atoms with van der Waals surface area (Å²) >= 11 is 0. The Labute approximate surface area is 121 Å². The number of nitrogens with one attached hydrogen (secondary N) is 1. The van der Waals surface area contributed by atoms with Crippen LogP contribution in [0.2, 0.25) is 0 Å². The Bertz CT molecular complexity index is 457. The first kappa shape index (κ1) is 16.6. The molecule has 1 fully saturated rings. The number of hydrogen-bond donors (Lipinski definition) is 2. The van der Waals surface area contributed by atoms with E-state index in [-0.39, 0.29) is 19.7 Å². The van der Waals surface area contributed by atoms with Crippen molar-refractivity contribution in [1.29, 1.82) is 0 Å². The van der Waals surface area contributed by atoms with Gasteiger partial charge < -0.3 is 10.5 Å². The number of carbonyl (C=O) groups is 1. The molecule has 1 aliphatic rings. The van der Waals surface area contributed by atoms with Gasteiger partial charge in [0.2, 0.25) is 5.91 Å². The van der Waals surface area contributed by atoms with Crippen molar-refractivity contribution in [3.8, 4) is 0 Å². The molecular formula is C15H25FN2O2. The molecule has 0 spiro atoms. The number of amides is 1. The molecule has 0 aromatic heterocycles. The lowest BCUT2D eigenvalue weighted by molar-refractivity contribution is -0.145. The quantitative estimate of drug-likeness (QED) is 0.897. The first-order valence-corrected chi connectivity index (χ1v) is 7.07. The largest absolute Gasteiger partial charge is 0.350 e. The highest BCUT2D eigenvalue weighted by molar-refractivity contribution is 5.81. The molecule has 0 saturated carbocycles. The summed E-state index contributed by atoms with van der Waals surface area (Å²) in [5.41, 5.74) is 1.03. The van der Waals surface area contributed by atoms with E-state index in [1.54, 1.807) is 25.1 Å². The van der Waals surface area contributed by atoms with Crippen LogP contribution < -0.4 is 5.32 Å². The van der Waals surface area contributed by atoms with Crippen LogP contribution in [0.25, 0.3) is 0 Å². The number of aryl methyl sites for hydroxylation is 1. The molecule has 5 heteroatoms. The molecule has 1 atom stereocenters. The standard InChI is InChI=1S/C13H17FN2O2.C2H6.H2/c1-9-4-2-5-10(12(9)14)8-15-13(17)11-6-3-7-16(11)18;1-2;/h2,4-5,11,18H,3,6-8H2,1H3,(H,15,17);1-2H3;1H/t11-;;/m0../s1. The second kappa shape index (κ2) is 7.97. The van der Waals surface area contributed by atoms with Gasteiger partial charge in [0.05, 0.1) is 0 Å². The van der Waals surface area contributed by atoms with Crippen LogP contribution in [0.15, 0.2) is 18.2 Å². The van der Waals surface area contributed by atoms with Gasteiger partial charge >= 0.3 is 0 Å². The Morgan fingerprint density at radius 1 is 1.55 bits per heavy atom. The summed E-state index contributed by atoms with van der Waals surface area (Å²) in [4.78, 5) is 11.8. The fourth-order valence-corrected chi connectivity index (χ4v) is 2.16. The van der Waals surface area contributed by atoms with Crippen LogP contribution in [-0.2, 0) is 11.3 Å². The van der Waals surface area contributed by atoms with Crippen molar-refractivity contribution in [3.05, 3.63) is 35.1 Å². The minimum Gasteiger partial charge on any atom is -0.350 e. The van der Waals surface area contributed by atoms with Crippen LogP contribution in [-0.4, -0.2) is 28.8 Å². The van der Waals surface area contributed by atoms with Crippen LogP contribution in [0.3, 0.4) is 0 Å². The lowest BCUT2D eigenvalue weighted by atomic mass is 10.1. The Morgan fingerprint density at radius 3 is 2.85 bits per heavy atom. The molecule has 1 saturated heterocycles. The van der Waals surface area contributed by atoms with E-state index >= 15 is 0 Å². The lowest BCUT2D eigenvalue weighted by Crippen LogP contribution is -2.41. The highest BCUT2D eigenvalue weighted by Gasteiger charge is 2.29. The second-order valence-electron chi connectivity index (χ2n) is 4.59. The average molecular weight is 284 g/mol. The molecule has 20 heavy (non-hydrogen) atoms. The summed E-state index contributed by atoms with van der Waals surface area (Å²) < 4.78 is 13.7. The third kappa shape index (κ3) is 4.02. The van der Waals surface area contributed by atoms with E-state index in [9.17, 15) is 14.4 Å². The van der Waals surface area contributed by atoms with Gasteiger partial charge in [0, 0.05) is 20.1 Å². The maximum absolute atomic E-state index is 13.7. The molecule has 1 aliphatic heterocycles. The second-order valence-corrected chi connectivity index (χ2v) is 4.59. The third-order valence-corrected chi connectivity index (χ3v) is 3.25. The van der Waals surface area contributed by atoms with E-state index in [4.69, 9.17) is 0 Å². The van der Waals surface area contributed by atoms with Gasteiger partial charge in [0.1, 0.15) is 11.9 Å². The van der Waals surface area contributed by atoms with Crippen LogP contribution >= 0.6 is 0 Å². The predicted molar refractivity (Wildman–Crippen MR) is 78.0 cm³/mol. The van der Waals surface area contributed by atoms with E-state index < -0.39 is 6.04 Å². The van der Waals surface area contributed by atoms with Crippen molar-refractivity contribution in [2.24, 2.45) is 0 Å². The van der Waals surface area contributed by atoms with Gasteiger partial charge in [0.15, 0.2) is 0 Å². The number of nitrogens with zero attached hydrogens (tertiary/aromatic N) is 1. The van der Waals surface area contributed by atoms with Crippen LogP contribution in [0.1, 0.15) is 39.2 Å². The molecule has 1 aromatic carbocycles. The monoisotopic (exact) mass is 284 g/mol. The summed E-state index contributed by atoms with van der Waals surface area (Å²) in [5, 5.41) is 13.2. The van der Waals surface area contributed by atoms with Crippen molar-refractivity contribution >= 4 is 5.91 Å². The normalized spacial score (nSPS) is 18.4. The van der Waals surface area contributed by atoms with E-state index in [2.05, 4.69) is 5.32 Å². The molecule has 0 unspecified atom stereocenters. The van der Waals surface area contributed by atoms with Crippen molar-refractivity contribution in [2.45, 2.75) is 46.2 Å². The van der Waals surface area contributed by atoms with Gasteiger partial charge in [-0.15, -0.1) is 0 Å². The Hall–Kier alpha value is -1.46. The molecule has 1 amide bonds. The third-order valence-electron chi connectivity index (χ3n) is 3.25. The fourth-order valence-electron chi connectivity index (χ4n) is 2.16. The van der Waals surface area contributed by atoms with Crippen LogP contribution in [0, 0.1) is 12.7 Å². The van der Waals surface area contributed by atoms with Crippen molar-refractivity contribution in [2.75, 3.05) is 6.54 Å². The molecule has 2 rings (SSSR count). The SMILES string of the molecule is CC.Cc1cccc(CNC(=O)[C@@H]2CCCN2O)c1F.[HH]. The van der Waals surface area contributed by atoms with E-state index in [0.29, 0.717) is 24.1 Å². The minimum absolute atomic E-state index is 0. The molecule has 1 aromatic rings. The number of carbonyl (C=O) groups excluding carboxylic acids is 1. The molecule has 114 valence electrons. The van der Waals surface area contributed by atoms with Gasteiger partial charge in [-0.1, -0.05) is 32.0 Å². The summed E-state index contributed by atoms with van der Waals surface area (Å²) in [6, 6.07) is 4.59. The maximum Gasteiger partial charge on any atom is 0.240 e. The zero-order chi connectivity index (χ0) is 15.1. The van der Waals surface area contributed by atoms with Crippen molar-refractivity contribution in [3.63, 3.8) is 0 Å². The first-order chi connectivity index (χ1) is 9.59. The molecule has 0 bridgehead atoms. The van der Waals surface area contributed by atoms with E-state index in [1.165, 1.54) is 0 Å². The first-order valence-electron chi connectivity index (χ1n) is 7.07. The maximum atomic E-state index is 13.7. The number of hydrogen-bond acceptors (Lipinski definition) is 3. The molecular weight excluding hydrogens is 259 g/mol. The number of rotatable bonds is 3. The van der Waals surface area contributed by atoms with Crippen molar-refractivity contribution in [1.82, 2.24) is 10.4 Å². The van der Waals surface area contributed by atoms with Gasteiger partial charge in [-0.05, 0) is 25.3 Å². The van der Waals surface area contributed by atoms with Gasteiger partial charge in [0.25, 0.3) is 0 Å². The topological polar surface area (TPSA) is 52.6 Å². The van der Waals surface area contributed by atoms with Gasteiger partial charge in [-0.25, -0.2) is 4.39 Å². The Morgan fingerprint density at radius 2 is 2.25 bits per heavy atom. The Balaban J connectivity index is 0.00000128. The van der Waals surface area contributed by atoms with Crippen LogP contribution in [0.4, 0.5) is 4.39 Å². The zero-order valence-corrected chi connectivity index (χ0v) is 12.3. The average Bonchev–Trinajstić information content (AvgIpc) is 2.89. The zero-order valence-electron chi connectivity index (χ0n) is 12.3. The van der Waals surface area contributed by atoms with Gasteiger partial charge in [-0.2, -0.15) is 5.06 Å². The molecule has 1 heterocycles.